The quantitative estimate of drug-likeness (QED) is 0.721. The fourth-order valence-electron chi connectivity index (χ4n) is 4.13. The molecule has 2 fully saturated rings. The molecule has 28 heavy (non-hydrogen) atoms. The summed E-state index contributed by atoms with van der Waals surface area (Å²) in [5.74, 6) is 0.187. The summed E-state index contributed by atoms with van der Waals surface area (Å²) in [6.07, 6.45) is 6.48. The van der Waals surface area contributed by atoms with Gasteiger partial charge in [-0.1, -0.05) is 30.3 Å². The summed E-state index contributed by atoms with van der Waals surface area (Å²) in [5, 5.41) is 0. The molecule has 2 aliphatic heterocycles. The van der Waals surface area contributed by atoms with E-state index in [-0.39, 0.29) is 12.0 Å². The first-order valence-corrected chi connectivity index (χ1v) is 10.5. The minimum atomic E-state index is -0.504. The molecule has 0 spiro atoms. The molecule has 1 aromatic carbocycles. The highest BCUT2D eigenvalue weighted by Crippen LogP contribution is 2.37. The highest BCUT2D eigenvalue weighted by atomic mass is 79.9. The maximum atomic E-state index is 13.7. The van der Waals surface area contributed by atoms with Crippen LogP contribution in [0.25, 0.3) is 0 Å². The van der Waals surface area contributed by atoms with Crippen molar-refractivity contribution in [1.29, 1.82) is 0 Å². The monoisotopic (exact) mass is 445 g/mol. The third kappa shape index (κ3) is 4.05. The van der Waals surface area contributed by atoms with Gasteiger partial charge in [0.25, 0.3) is 0 Å². The molecule has 0 unspecified atom stereocenters. The molecule has 4 rings (SSSR count). The van der Waals surface area contributed by atoms with Crippen LogP contribution in [0.15, 0.2) is 47.2 Å². The fourth-order valence-corrected chi connectivity index (χ4v) is 4.34. The average molecular weight is 446 g/mol. The van der Waals surface area contributed by atoms with Crippen LogP contribution in [0.1, 0.15) is 31.2 Å². The molecule has 0 N–H and O–H groups in total. The lowest BCUT2D eigenvalue weighted by molar-refractivity contribution is -0.144. The Morgan fingerprint density at radius 3 is 2.61 bits per heavy atom. The molecule has 0 saturated carbocycles. The number of rotatable bonds is 4. The summed E-state index contributed by atoms with van der Waals surface area (Å²) >= 11 is 3.33. The van der Waals surface area contributed by atoms with Crippen LogP contribution in [-0.4, -0.2) is 53.2 Å². The van der Waals surface area contributed by atoms with E-state index in [9.17, 15) is 4.79 Å². The van der Waals surface area contributed by atoms with Crippen molar-refractivity contribution in [3.05, 3.63) is 52.8 Å². The first kappa shape index (κ1) is 19.3. The topological polar surface area (TPSA) is 64.6 Å². The molecule has 148 valence electrons. The van der Waals surface area contributed by atoms with Gasteiger partial charge in [0.1, 0.15) is 6.10 Å². The van der Waals surface area contributed by atoms with Gasteiger partial charge in [-0.3, -0.25) is 4.79 Å². The second-order valence-electron chi connectivity index (χ2n) is 7.38. The Morgan fingerprint density at radius 2 is 1.89 bits per heavy atom. The molecule has 7 heteroatoms. The predicted molar refractivity (Wildman–Crippen MR) is 108 cm³/mol. The van der Waals surface area contributed by atoms with Gasteiger partial charge >= 0.3 is 6.01 Å². The van der Waals surface area contributed by atoms with Crippen molar-refractivity contribution in [2.75, 3.05) is 26.3 Å². The van der Waals surface area contributed by atoms with E-state index in [1.807, 2.05) is 23.1 Å². The zero-order chi connectivity index (χ0) is 19.4. The maximum Gasteiger partial charge on any atom is 0.316 e. The Kier molecular flexibility index (Phi) is 5.92. The number of carbonyl (C=O) groups is 1. The zero-order valence-corrected chi connectivity index (χ0v) is 17.3. The van der Waals surface area contributed by atoms with Gasteiger partial charge in [-0.15, -0.1) is 0 Å². The summed E-state index contributed by atoms with van der Waals surface area (Å²) < 4.78 is 12.3. The molecule has 0 bridgehead atoms. The molecule has 2 aromatic rings. The van der Waals surface area contributed by atoms with Crippen molar-refractivity contribution in [3.8, 4) is 6.01 Å². The first-order chi connectivity index (χ1) is 13.7. The molecule has 3 heterocycles. The number of hydrogen-bond acceptors (Lipinski definition) is 5. The molecule has 2 saturated heterocycles. The van der Waals surface area contributed by atoms with Crippen molar-refractivity contribution < 1.29 is 14.3 Å². The first-order valence-electron chi connectivity index (χ1n) is 9.74. The van der Waals surface area contributed by atoms with Gasteiger partial charge in [0.05, 0.1) is 16.4 Å². The second kappa shape index (κ2) is 8.57. The van der Waals surface area contributed by atoms with E-state index in [1.54, 1.807) is 12.4 Å². The van der Waals surface area contributed by atoms with Crippen LogP contribution in [-0.2, 0) is 14.9 Å². The molecular weight excluding hydrogens is 422 g/mol. The number of carbonyl (C=O) groups excluding carboxylic acids is 1. The lowest BCUT2D eigenvalue weighted by Crippen LogP contribution is -2.54. The number of piperidine rings is 1. The van der Waals surface area contributed by atoms with E-state index in [2.05, 4.69) is 38.0 Å². The minimum Gasteiger partial charge on any atom is -0.458 e. The standard InChI is InChI=1S/C21H24BrN3O3/c22-17-13-23-20(24-14-17)28-18-7-4-10-25(15-18)19(26)21(8-11-27-12-9-21)16-5-2-1-3-6-16/h1-3,5-6,13-14,18H,4,7-12,15H2/t18-/m0/s1. The molecule has 0 aliphatic carbocycles. The number of nitrogens with zero attached hydrogens (tertiary/aromatic N) is 3. The van der Waals surface area contributed by atoms with Crippen LogP contribution >= 0.6 is 15.9 Å². The third-order valence-corrected chi connectivity index (χ3v) is 6.03. The summed E-state index contributed by atoms with van der Waals surface area (Å²) in [6.45, 7) is 2.55. The molecule has 2 aliphatic rings. The number of halogens is 1. The summed E-state index contributed by atoms with van der Waals surface area (Å²) in [7, 11) is 0. The fraction of sp³-hybridized carbons (Fsp3) is 0.476. The zero-order valence-electron chi connectivity index (χ0n) is 15.7. The summed E-state index contributed by atoms with van der Waals surface area (Å²) in [5.41, 5.74) is 0.581. The number of ether oxygens (including phenoxy) is 2. The summed E-state index contributed by atoms with van der Waals surface area (Å²) in [6, 6.07) is 10.5. The molecule has 0 radical (unpaired) electrons. The van der Waals surface area contributed by atoms with Crippen molar-refractivity contribution in [3.63, 3.8) is 0 Å². The van der Waals surface area contributed by atoms with E-state index in [0.717, 1.165) is 29.4 Å². The largest absolute Gasteiger partial charge is 0.458 e. The van der Waals surface area contributed by atoms with E-state index < -0.39 is 5.41 Å². The summed E-state index contributed by atoms with van der Waals surface area (Å²) in [4.78, 5) is 24.0. The van der Waals surface area contributed by atoms with Gasteiger partial charge in [-0.05, 0) is 47.2 Å². The lowest BCUT2D eigenvalue weighted by Gasteiger charge is -2.42. The highest BCUT2D eigenvalue weighted by Gasteiger charge is 2.45. The van der Waals surface area contributed by atoms with Crippen molar-refractivity contribution in [1.82, 2.24) is 14.9 Å². The van der Waals surface area contributed by atoms with E-state index in [1.165, 1.54) is 0 Å². The molecular formula is C21H24BrN3O3. The van der Waals surface area contributed by atoms with Gasteiger partial charge in [0, 0.05) is 32.2 Å². The van der Waals surface area contributed by atoms with Crippen molar-refractivity contribution >= 4 is 21.8 Å². The second-order valence-corrected chi connectivity index (χ2v) is 8.29. The normalized spacial score (nSPS) is 21.9. The molecule has 1 atom stereocenters. The number of likely N-dealkylation sites (tertiary alicyclic amines) is 1. The Labute approximate surface area is 173 Å². The number of hydrogen-bond donors (Lipinski definition) is 0. The smallest absolute Gasteiger partial charge is 0.316 e. The SMILES string of the molecule is O=C(N1CCC[C@H](Oc2ncc(Br)cn2)C1)C1(c2ccccc2)CCOCC1. The lowest BCUT2D eigenvalue weighted by atomic mass is 9.72. The maximum absolute atomic E-state index is 13.7. The van der Waals surface area contributed by atoms with E-state index in [0.29, 0.717) is 38.6 Å². The minimum absolute atomic E-state index is 0.0912. The van der Waals surface area contributed by atoms with Crippen LogP contribution in [0, 0.1) is 0 Å². The molecule has 1 aromatic heterocycles. The van der Waals surface area contributed by atoms with E-state index in [4.69, 9.17) is 9.47 Å². The average Bonchev–Trinajstić information content (AvgIpc) is 2.76. The number of benzene rings is 1. The van der Waals surface area contributed by atoms with Crippen LogP contribution in [0.3, 0.4) is 0 Å². The van der Waals surface area contributed by atoms with Crippen LogP contribution in [0.2, 0.25) is 0 Å². The third-order valence-electron chi connectivity index (χ3n) is 5.62. The van der Waals surface area contributed by atoms with Crippen molar-refractivity contribution in [2.24, 2.45) is 0 Å². The van der Waals surface area contributed by atoms with Gasteiger partial charge < -0.3 is 14.4 Å². The van der Waals surface area contributed by atoms with Crippen LogP contribution < -0.4 is 4.74 Å². The highest BCUT2D eigenvalue weighted by molar-refractivity contribution is 9.10. The van der Waals surface area contributed by atoms with Gasteiger partial charge in [-0.2, -0.15) is 0 Å². The Morgan fingerprint density at radius 1 is 1.18 bits per heavy atom. The van der Waals surface area contributed by atoms with Gasteiger partial charge in [0.2, 0.25) is 5.91 Å². The van der Waals surface area contributed by atoms with Crippen LogP contribution in [0.5, 0.6) is 6.01 Å². The number of aromatic nitrogens is 2. The molecule has 6 nitrogen and oxygen atoms in total. The van der Waals surface area contributed by atoms with Gasteiger partial charge in [-0.25, -0.2) is 9.97 Å². The van der Waals surface area contributed by atoms with Crippen LogP contribution in [0.4, 0.5) is 0 Å². The predicted octanol–water partition coefficient (Wildman–Crippen LogP) is 3.36. The van der Waals surface area contributed by atoms with E-state index >= 15 is 0 Å². The van der Waals surface area contributed by atoms with Gasteiger partial charge in [0.15, 0.2) is 0 Å². The number of amides is 1. The Bertz CT molecular complexity index is 794. The van der Waals surface area contributed by atoms with Crippen molar-refractivity contribution in [2.45, 2.75) is 37.2 Å². The Balaban J connectivity index is 1.51. The molecule has 1 amide bonds. The Hall–Kier alpha value is -1.99.